The van der Waals surface area contributed by atoms with Gasteiger partial charge in [0.1, 0.15) is 11.4 Å². The maximum absolute atomic E-state index is 9.98. The molecule has 3 heterocycles. The number of nitrogens with one attached hydrogen (secondary N) is 2. The molecule has 7 heteroatoms. The quantitative estimate of drug-likeness (QED) is 0.299. The number of aryl methyl sites for hydroxylation is 1. The zero-order chi connectivity index (χ0) is 24.6. The number of H-pyrrole nitrogens is 2. The maximum Gasteiger partial charge on any atom is 0.159 e. The van der Waals surface area contributed by atoms with Crippen molar-refractivity contribution in [2.24, 2.45) is 0 Å². The van der Waals surface area contributed by atoms with Gasteiger partial charge >= 0.3 is 0 Å². The molecule has 0 bridgehead atoms. The van der Waals surface area contributed by atoms with Crippen LogP contribution in [-0.4, -0.2) is 60.5 Å². The van der Waals surface area contributed by atoms with Crippen LogP contribution in [0.25, 0.3) is 39.1 Å². The number of phenols is 1. The maximum atomic E-state index is 9.98. The summed E-state index contributed by atoms with van der Waals surface area (Å²) in [6, 6.07) is 11.8. The van der Waals surface area contributed by atoms with Crippen LogP contribution in [0.3, 0.4) is 0 Å². The molecule has 0 atom stereocenters. The Kier molecular flexibility index (Phi) is 6.21. The number of rotatable bonds is 7. The normalized spacial score (nSPS) is 15.0. The summed E-state index contributed by atoms with van der Waals surface area (Å²) in [5, 5.41) is 28.6. The third-order valence-electron chi connectivity index (χ3n) is 6.81. The van der Waals surface area contributed by atoms with Crippen LogP contribution in [0.15, 0.2) is 48.7 Å². The minimum absolute atomic E-state index is 0.291. The highest BCUT2D eigenvalue weighted by molar-refractivity contribution is 5.94. The lowest BCUT2D eigenvalue weighted by Gasteiger charge is -2.28. The molecule has 0 saturated carbocycles. The average Bonchev–Trinajstić information content (AvgIpc) is 3.49. The lowest BCUT2D eigenvalue weighted by molar-refractivity contribution is 0.0590. The molecule has 182 valence electrons. The Bertz CT molecular complexity index is 1380. The molecule has 7 nitrogen and oxygen atoms in total. The van der Waals surface area contributed by atoms with Gasteiger partial charge in [0.15, 0.2) is 5.82 Å². The van der Waals surface area contributed by atoms with Gasteiger partial charge in [0.25, 0.3) is 0 Å². The second-order valence-electron chi connectivity index (χ2n) is 10.0. The number of phenolic OH excluding ortho intramolecular Hbond substituents is 1. The number of hydrogen-bond donors (Lipinski definition) is 4. The molecule has 0 unspecified atom stereocenters. The van der Waals surface area contributed by atoms with Crippen molar-refractivity contribution in [3.05, 3.63) is 59.9 Å². The highest BCUT2D eigenvalue weighted by atomic mass is 16.3. The van der Waals surface area contributed by atoms with Crippen LogP contribution in [0.5, 0.6) is 5.75 Å². The first-order valence-electron chi connectivity index (χ1n) is 12.3. The fraction of sp³-hybridized carbons (Fsp3) is 0.357. The van der Waals surface area contributed by atoms with E-state index in [-0.39, 0.29) is 0 Å². The molecule has 0 aliphatic carbocycles. The van der Waals surface area contributed by atoms with E-state index in [1.54, 1.807) is 6.07 Å². The molecule has 0 spiro atoms. The predicted molar refractivity (Wildman–Crippen MR) is 140 cm³/mol. The first-order valence-corrected chi connectivity index (χ1v) is 12.3. The Morgan fingerprint density at radius 1 is 1.14 bits per heavy atom. The zero-order valence-corrected chi connectivity index (χ0v) is 20.6. The fourth-order valence-corrected chi connectivity index (χ4v) is 4.71. The number of aliphatic hydroxyl groups is 1. The number of fused-ring (bicyclic) bond motifs is 1. The van der Waals surface area contributed by atoms with Crippen molar-refractivity contribution in [2.45, 2.75) is 45.6 Å². The van der Waals surface area contributed by atoms with E-state index < -0.39 is 5.60 Å². The van der Waals surface area contributed by atoms with Crippen LogP contribution >= 0.6 is 0 Å². The summed E-state index contributed by atoms with van der Waals surface area (Å²) in [6.07, 6.45) is 6.76. The average molecular weight is 472 g/mol. The number of nitrogens with zero attached hydrogens (tertiary/aromatic N) is 3. The van der Waals surface area contributed by atoms with Gasteiger partial charge in [0, 0.05) is 31.2 Å². The number of aromatic nitrogens is 4. The molecule has 4 N–H and O–H groups in total. The second kappa shape index (κ2) is 9.32. The van der Waals surface area contributed by atoms with E-state index in [2.05, 4.69) is 51.3 Å². The molecule has 5 rings (SSSR count). The largest absolute Gasteiger partial charge is 0.508 e. The Labute approximate surface area is 205 Å². The monoisotopic (exact) mass is 471 g/mol. The summed E-state index contributed by atoms with van der Waals surface area (Å²) in [7, 11) is 0. The molecule has 2 aromatic carbocycles. The number of imidazole rings is 1. The third-order valence-corrected chi connectivity index (χ3v) is 6.81. The molecule has 35 heavy (non-hydrogen) atoms. The van der Waals surface area contributed by atoms with Gasteiger partial charge in [-0.1, -0.05) is 25.1 Å². The van der Waals surface area contributed by atoms with E-state index in [0.29, 0.717) is 5.75 Å². The van der Waals surface area contributed by atoms with Crippen molar-refractivity contribution in [3.63, 3.8) is 0 Å². The molecule has 1 aliphatic heterocycles. The Morgan fingerprint density at radius 3 is 2.74 bits per heavy atom. The van der Waals surface area contributed by atoms with Crippen molar-refractivity contribution in [1.82, 2.24) is 25.1 Å². The van der Waals surface area contributed by atoms with Crippen LogP contribution in [0, 0.1) is 0 Å². The van der Waals surface area contributed by atoms with Crippen LogP contribution in [0.4, 0.5) is 0 Å². The van der Waals surface area contributed by atoms with E-state index in [0.717, 1.165) is 83.7 Å². The summed E-state index contributed by atoms with van der Waals surface area (Å²) in [5.74, 6) is 1.04. The molecular formula is C28H33N5O2. The van der Waals surface area contributed by atoms with Crippen molar-refractivity contribution >= 4 is 16.5 Å². The van der Waals surface area contributed by atoms with Crippen LogP contribution < -0.4 is 0 Å². The van der Waals surface area contributed by atoms with E-state index in [9.17, 15) is 10.2 Å². The summed E-state index contributed by atoms with van der Waals surface area (Å²) >= 11 is 0. The van der Waals surface area contributed by atoms with Gasteiger partial charge in [-0.05, 0) is 79.6 Å². The van der Waals surface area contributed by atoms with Crippen LogP contribution in [-0.2, 0) is 6.42 Å². The highest BCUT2D eigenvalue weighted by Crippen LogP contribution is 2.32. The molecule has 0 radical (unpaired) electrons. The summed E-state index contributed by atoms with van der Waals surface area (Å²) in [5.41, 5.74) is 6.65. The smallest absolute Gasteiger partial charge is 0.159 e. The van der Waals surface area contributed by atoms with E-state index in [1.165, 1.54) is 5.57 Å². The molecule has 4 aromatic rings. The number of hydrogen-bond acceptors (Lipinski definition) is 5. The molecule has 0 saturated heterocycles. The topological polar surface area (TPSA) is 101 Å². The fourth-order valence-electron chi connectivity index (χ4n) is 4.71. The predicted octanol–water partition coefficient (Wildman–Crippen LogP) is 5.14. The van der Waals surface area contributed by atoms with Crippen LogP contribution in [0.1, 0.15) is 44.9 Å². The molecular weight excluding hydrogens is 438 g/mol. The lowest BCUT2D eigenvalue weighted by atomic mass is 9.97. The van der Waals surface area contributed by atoms with Gasteiger partial charge < -0.3 is 15.2 Å². The van der Waals surface area contributed by atoms with Gasteiger partial charge in [0.05, 0.1) is 16.8 Å². The van der Waals surface area contributed by atoms with Crippen molar-refractivity contribution < 1.29 is 10.2 Å². The second-order valence-corrected chi connectivity index (χ2v) is 10.0. The third kappa shape index (κ3) is 5.01. The minimum atomic E-state index is -0.628. The van der Waals surface area contributed by atoms with E-state index in [1.807, 2.05) is 32.2 Å². The first-order chi connectivity index (χ1) is 16.8. The zero-order valence-electron chi connectivity index (χ0n) is 20.6. The van der Waals surface area contributed by atoms with Gasteiger partial charge in [-0.15, -0.1) is 0 Å². The first kappa shape index (κ1) is 23.3. The van der Waals surface area contributed by atoms with Crippen molar-refractivity contribution in [2.75, 3.05) is 19.6 Å². The van der Waals surface area contributed by atoms with Gasteiger partial charge in [-0.2, -0.15) is 5.10 Å². The highest BCUT2D eigenvalue weighted by Gasteiger charge is 2.20. The minimum Gasteiger partial charge on any atom is -0.508 e. The Hall–Kier alpha value is -3.42. The number of aromatic amines is 2. The Balaban J connectivity index is 1.35. The molecule has 2 aromatic heterocycles. The summed E-state index contributed by atoms with van der Waals surface area (Å²) < 4.78 is 0. The van der Waals surface area contributed by atoms with Gasteiger partial charge in [-0.3, -0.25) is 10.00 Å². The van der Waals surface area contributed by atoms with E-state index >= 15 is 0 Å². The van der Waals surface area contributed by atoms with Crippen molar-refractivity contribution in [1.29, 1.82) is 0 Å². The van der Waals surface area contributed by atoms with Crippen molar-refractivity contribution in [3.8, 4) is 28.4 Å². The van der Waals surface area contributed by atoms with E-state index in [4.69, 9.17) is 4.98 Å². The number of benzene rings is 2. The lowest BCUT2D eigenvalue weighted by Crippen LogP contribution is -2.33. The van der Waals surface area contributed by atoms with Gasteiger partial charge in [0.2, 0.25) is 0 Å². The Morgan fingerprint density at radius 2 is 2.00 bits per heavy atom. The van der Waals surface area contributed by atoms with Gasteiger partial charge in [-0.25, -0.2) is 4.98 Å². The number of aromatic hydroxyl groups is 1. The van der Waals surface area contributed by atoms with Crippen LogP contribution in [0.2, 0.25) is 0 Å². The SMILES string of the molecule is CCc1cc(O)ccc1-c1ccc2c(-c3nc(C4=CCN(CCC(C)(C)O)CC4)c[nH]3)n[nH]c2c1. The standard InChI is InChI=1S/C28H33N5O2/c1-4-18-15-21(34)6-8-22(18)20-5-7-23-24(16-20)31-32-26(23)27-29-17-25(30-27)19-9-12-33(13-10-19)14-11-28(2,3)35/h5-9,15-17,34-35H,4,10-14H2,1-3H3,(H,29,30)(H,31,32). The molecule has 0 fully saturated rings. The molecule has 0 amide bonds. The molecule has 1 aliphatic rings. The summed E-state index contributed by atoms with van der Waals surface area (Å²) in [4.78, 5) is 10.5. The summed E-state index contributed by atoms with van der Waals surface area (Å²) in [6.45, 7) is 8.55.